The number of carbonyl (C=O) groups is 1. The predicted molar refractivity (Wildman–Crippen MR) is 75.3 cm³/mol. The summed E-state index contributed by atoms with van der Waals surface area (Å²) >= 11 is 0. The second-order valence-corrected chi connectivity index (χ2v) is 8.41. The first-order valence-corrected chi connectivity index (χ1v) is 8.94. The van der Waals surface area contributed by atoms with E-state index >= 15 is 0 Å². The largest absolute Gasteiger partial charge is 0.342 e. The smallest absolute Gasteiger partial charge is 0.302 e. The lowest BCUT2D eigenvalue weighted by molar-refractivity contribution is -0.130. The molecule has 1 unspecified atom stereocenters. The molecule has 0 aromatic carbocycles. The van der Waals surface area contributed by atoms with Gasteiger partial charge in [0.25, 0.3) is 0 Å². The molecule has 1 saturated carbocycles. The molecule has 0 aromatic heterocycles. The summed E-state index contributed by atoms with van der Waals surface area (Å²) in [5.41, 5.74) is 0.216. The minimum absolute atomic E-state index is 0.0197. The molecule has 1 aliphatic heterocycles. The summed E-state index contributed by atoms with van der Waals surface area (Å²) in [7, 11) is -4.49. The summed E-state index contributed by atoms with van der Waals surface area (Å²) in [6.07, 6.45) is 4.75. The average Bonchev–Trinajstić information content (AvgIpc) is 2.52. The van der Waals surface area contributed by atoms with Gasteiger partial charge in [0.1, 0.15) is 0 Å². The van der Waals surface area contributed by atoms with Gasteiger partial charge in [0.05, 0.1) is 5.75 Å². The van der Waals surface area contributed by atoms with Gasteiger partial charge in [0.15, 0.2) is 0 Å². The van der Waals surface area contributed by atoms with Crippen molar-refractivity contribution in [2.24, 2.45) is 17.3 Å². The molecule has 1 amide bonds. The third-order valence-electron chi connectivity index (χ3n) is 4.51. The molecular weight excluding hydrogens is 281 g/mol. The molecule has 1 aliphatic carbocycles. The molecule has 0 N–H and O–H groups in total. The fourth-order valence-electron chi connectivity index (χ4n) is 3.77. The molecular formula is C14H24FNO3S. The van der Waals surface area contributed by atoms with Crippen molar-refractivity contribution in [2.45, 2.75) is 46.0 Å². The number of halogens is 1. The first kappa shape index (κ1) is 15.7. The van der Waals surface area contributed by atoms with Crippen LogP contribution in [0.15, 0.2) is 0 Å². The van der Waals surface area contributed by atoms with Crippen LogP contribution < -0.4 is 0 Å². The topological polar surface area (TPSA) is 54.5 Å². The van der Waals surface area contributed by atoms with Crippen LogP contribution in [0.25, 0.3) is 0 Å². The van der Waals surface area contributed by atoms with Crippen molar-refractivity contribution in [2.75, 3.05) is 18.8 Å². The maximum atomic E-state index is 12.7. The molecule has 1 atom stereocenters. The Balaban J connectivity index is 1.94. The number of hydrogen-bond acceptors (Lipinski definition) is 3. The van der Waals surface area contributed by atoms with E-state index in [0.717, 1.165) is 19.3 Å². The number of hydrogen-bond donors (Lipinski definition) is 0. The van der Waals surface area contributed by atoms with Gasteiger partial charge in [-0.1, -0.05) is 20.3 Å². The predicted octanol–water partition coefficient (Wildman–Crippen LogP) is 2.35. The third kappa shape index (κ3) is 3.93. The second-order valence-electron chi connectivity index (χ2n) is 7.00. The fraction of sp³-hybridized carbons (Fsp3) is 0.929. The summed E-state index contributed by atoms with van der Waals surface area (Å²) < 4.78 is 34.1. The first-order chi connectivity index (χ1) is 9.19. The van der Waals surface area contributed by atoms with Gasteiger partial charge in [-0.25, -0.2) is 0 Å². The first-order valence-electron chi connectivity index (χ1n) is 7.39. The van der Waals surface area contributed by atoms with E-state index in [1.807, 2.05) is 0 Å². The van der Waals surface area contributed by atoms with Crippen LogP contribution in [0, 0.1) is 17.3 Å². The maximum absolute atomic E-state index is 12.7. The Morgan fingerprint density at radius 2 is 2.05 bits per heavy atom. The van der Waals surface area contributed by atoms with Gasteiger partial charge in [-0.3, -0.25) is 4.79 Å². The Labute approximate surface area is 120 Å². The van der Waals surface area contributed by atoms with Crippen LogP contribution in [0.4, 0.5) is 3.89 Å². The minimum atomic E-state index is -4.49. The SMILES string of the molecule is CC(C)CC1(CN2CC(CS(=O)(=O)F)CC2=O)CCC1. The molecule has 0 bridgehead atoms. The zero-order valence-electron chi connectivity index (χ0n) is 12.3. The molecule has 116 valence electrons. The standard InChI is InChI=1S/C14H24FNO3S/c1-11(2)7-14(4-3-5-14)10-16-8-12(6-13(16)17)9-20(15,18)19/h11-12H,3-10H2,1-2H3. The van der Waals surface area contributed by atoms with E-state index < -0.39 is 16.0 Å². The molecule has 0 spiro atoms. The summed E-state index contributed by atoms with van der Waals surface area (Å²) in [4.78, 5) is 13.7. The molecule has 4 nitrogen and oxygen atoms in total. The molecule has 6 heteroatoms. The third-order valence-corrected chi connectivity index (χ3v) is 5.38. The van der Waals surface area contributed by atoms with Crippen molar-refractivity contribution in [3.63, 3.8) is 0 Å². The van der Waals surface area contributed by atoms with E-state index in [-0.39, 0.29) is 23.7 Å². The molecule has 20 heavy (non-hydrogen) atoms. The van der Waals surface area contributed by atoms with Crippen molar-refractivity contribution < 1.29 is 17.1 Å². The van der Waals surface area contributed by atoms with Crippen molar-refractivity contribution >= 4 is 16.1 Å². The van der Waals surface area contributed by atoms with Gasteiger partial charge < -0.3 is 4.90 Å². The van der Waals surface area contributed by atoms with Gasteiger partial charge in [0.2, 0.25) is 5.91 Å². The Bertz CT molecular complexity index is 471. The van der Waals surface area contributed by atoms with Crippen LogP contribution >= 0.6 is 0 Å². The summed E-state index contributed by atoms with van der Waals surface area (Å²) in [5, 5.41) is 0. The molecule has 2 aliphatic rings. The van der Waals surface area contributed by atoms with Crippen LogP contribution in [0.1, 0.15) is 46.0 Å². The second kappa shape index (κ2) is 5.62. The number of amides is 1. The van der Waals surface area contributed by atoms with Gasteiger partial charge in [0, 0.05) is 25.4 Å². The fourth-order valence-corrected chi connectivity index (χ4v) is 4.56. The number of rotatable bonds is 6. The van der Waals surface area contributed by atoms with E-state index in [9.17, 15) is 17.1 Å². The quantitative estimate of drug-likeness (QED) is 0.708. The molecule has 1 saturated heterocycles. The Hall–Kier alpha value is -0.650. The number of likely N-dealkylation sites (tertiary alicyclic amines) is 1. The van der Waals surface area contributed by atoms with E-state index in [0.29, 0.717) is 19.0 Å². The van der Waals surface area contributed by atoms with E-state index in [2.05, 4.69) is 13.8 Å². The lowest BCUT2D eigenvalue weighted by Gasteiger charge is -2.45. The molecule has 1 heterocycles. The Morgan fingerprint density at radius 3 is 2.50 bits per heavy atom. The van der Waals surface area contributed by atoms with Crippen LogP contribution in [0.3, 0.4) is 0 Å². The number of nitrogens with zero attached hydrogens (tertiary/aromatic N) is 1. The molecule has 2 fully saturated rings. The van der Waals surface area contributed by atoms with Gasteiger partial charge >= 0.3 is 10.2 Å². The van der Waals surface area contributed by atoms with Crippen LogP contribution in [0.2, 0.25) is 0 Å². The van der Waals surface area contributed by atoms with Crippen molar-refractivity contribution in [3.8, 4) is 0 Å². The highest BCUT2D eigenvalue weighted by Gasteiger charge is 2.42. The lowest BCUT2D eigenvalue weighted by Crippen LogP contribution is -2.44. The zero-order valence-corrected chi connectivity index (χ0v) is 13.1. The van der Waals surface area contributed by atoms with Gasteiger partial charge in [-0.2, -0.15) is 8.42 Å². The van der Waals surface area contributed by atoms with Crippen molar-refractivity contribution in [1.29, 1.82) is 0 Å². The van der Waals surface area contributed by atoms with E-state index in [1.165, 1.54) is 6.42 Å². The molecule has 0 radical (unpaired) electrons. The Kier molecular flexibility index (Phi) is 4.42. The summed E-state index contributed by atoms with van der Waals surface area (Å²) in [6.45, 7) is 5.48. The highest BCUT2D eigenvalue weighted by molar-refractivity contribution is 7.86. The molecule has 0 aromatic rings. The van der Waals surface area contributed by atoms with Gasteiger partial charge in [-0.05, 0) is 30.6 Å². The van der Waals surface area contributed by atoms with Gasteiger partial charge in [-0.15, -0.1) is 3.89 Å². The highest BCUT2D eigenvalue weighted by Crippen LogP contribution is 2.47. The lowest BCUT2D eigenvalue weighted by atomic mass is 9.64. The molecule has 2 rings (SSSR count). The minimum Gasteiger partial charge on any atom is -0.342 e. The van der Waals surface area contributed by atoms with Crippen LogP contribution in [-0.4, -0.2) is 38.1 Å². The van der Waals surface area contributed by atoms with E-state index in [4.69, 9.17) is 0 Å². The monoisotopic (exact) mass is 305 g/mol. The zero-order chi connectivity index (χ0) is 15.0. The van der Waals surface area contributed by atoms with Crippen molar-refractivity contribution in [3.05, 3.63) is 0 Å². The van der Waals surface area contributed by atoms with Crippen LogP contribution in [-0.2, 0) is 15.0 Å². The summed E-state index contributed by atoms with van der Waals surface area (Å²) in [5.74, 6) is -0.329. The maximum Gasteiger partial charge on any atom is 0.302 e. The van der Waals surface area contributed by atoms with Crippen LogP contribution in [0.5, 0.6) is 0 Å². The van der Waals surface area contributed by atoms with Crippen molar-refractivity contribution in [1.82, 2.24) is 4.90 Å². The van der Waals surface area contributed by atoms with E-state index in [1.54, 1.807) is 4.90 Å². The highest BCUT2D eigenvalue weighted by atomic mass is 32.3. The summed E-state index contributed by atoms with van der Waals surface area (Å²) in [6, 6.07) is 0. The normalized spacial score (nSPS) is 26.1. The Morgan fingerprint density at radius 1 is 1.40 bits per heavy atom. The number of carbonyl (C=O) groups excluding carboxylic acids is 1. The average molecular weight is 305 g/mol.